The van der Waals surface area contributed by atoms with Gasteiger partial charge in [-0.05, 0) is 45.6 Å². The second kappa shape index (κ2) is 19.1. The molecule has 0 aromatic rings. The second-order valence-corrected chi connectivity index (χ2v) is 14.0. The number of hydrogen-bond acceptors (Lipinski definition) is 9. The number of cyclic esters (lactones) is 1. The predicted molar refractivity (Wildman–Crippen MR) is 184 cm³/mol. The molecule has 2 aliphatic heterocycles. The maximum atomic E-state index is 13.3. The Bertz CT molecular complexity index is 1140. The Morgan fingerprint density at radius 1 is 1.09 bits per heavy atom. The van der Waals surface area contributed by atoms with Gasteiger partial charge in [-0.2, -0.15) is 0 Å². The van der Waals surface area contributed by atoms with Crippen molar-refractivity contribution in [2.75, 3.05) is 7.11 Å². The van der Waals surface area contributed by atoms with E-state index in [9.17, 15) is 30.3 Å². The molecule has 0 aromatic heterocycles. The Balaban J connectivity index is 2.50. The fraction of sp³-hybridized carbons (Fsp3) is 0.711. The van der Waals surface area contributed by atoms with Crippen LogP contribution >= 0.6 is 0 Å². The van der Waals surface area contributed by atoms with Crippen LogP contribution in [0.2, 0.25) is 0 Å². The summed E-state index contributed by atoms with van der Waals surface area (Å²) >= 11 is 0. The number of carbonyl (C=O) groups is 1. The van der Waals surface area contributed by atoms with Crippen molar-refractivity contribution < 1.29 is 44.5 Å². The number of hydrogen-bond donors (Lipinski definition) is 5. The van der Waals surface area contributed by atoms with Crippen molar-refractivity contribution in [2.45, 2.75) is 130 Å². The fourth-order valence-corrected chi connectivity index (χ4v) is 7.03. The van der Waals surface area contributed by atoms with E-state index in [1.54, 1.807) is 32.1 Å². The molecule has 2 aliphatic rings. The molecule has 9 nitrogen and oxygen atoms in total. The fourth-order valence-electron chi connectivity index (χ4n) is 7.03. The zero-order valence-corrected chi connectivity index (χ0v) is 30.1. The molecule has 1 fully saturated rings. The molecule has 2 heterocycles. The highest BCUT2D eigenvalue weighted by Crippen LogP contribution is 2.35. The van der Waals surface area contributed by atoms with E-state index >= 15 is 0 Å². The SMILES string of the molecule is C/C=C/[C@H]1O[C@@H]([C@@H](C)[C@H](O)[C@H](C)[C@H]2OC(=O)/C(O)=C/C(C)=C/[C@@H](C)[C@@H](O)[C@@H](CC)[C@@H](O)[C@H](C)C/C(C)=C/C=C/[C@@H]2OC)C[C@@H](O)[C@@H]1C. The van der Waals surface area contributed by atoms with Crippen LogP contribution in [0.4, 0.5) is 0 Å². The van der Waals surface area contributed by atoms with Crippen molar-refractivity contribution in [1.82, 2.24) is 0 Å². The summed E-state index contributed by atoms with van der Waals surface area (Å²) in [5, 5.41) is 55.6. The highest BCUT2D eigenvalue weighted by molar-refractivity contribution is 5.86. The summed E-state index contributed by atoms with van der Waals surface area (Å²) < 4.78 is 18.0. The molecule has 0 unspecified atom stereocenters. The quantitative estimate of drug-likeness (QED) is 0.174. The number of esters is 1. The lowest BCUT2D eigenvalue weighted by Crippen LogP contribution is -2.50. The molecule has 0 bridgehead atoms. The summed E-state index contributed by atoms with van der Waals surface area (Å²) in [4.78, 5) is 13.3. The van der Waals surface area contributed by atoms with Gasteiger partial charge in [-0.3, -0.25) is 0 Å². The molecule has 0 amide bonds. The lowest BCUT2D eigenvalue weighted by atomic mass is 9.79. The van der Waals surface area contributed by atoms with E-state index in [4.69, 9.17) is 14.2 Å². The van der Waals surface area contributed by atoms with Gasteiger partial charge < -0.3 is 39.7 Å². The van der Waals surface area contributed by atoms with Gasteiger partial charge in [-0.15, -0.1) is 0 Å². The molecule has 0 saturated carbocycles. The topological polar surface area (TPSA) is 146 Å². The van der Waals surface area contributed by atoms with Crippen LogP contribution in [0.3, 0.4) is 0 Å². The molecule has 0 spiro atoms. The minimum absolute atomic E-state index is 0.0932. The van der Waals surface area contributed by atoms with Crippen LogP contribution in [0.5, 0.6) is 0 Å². The summed E-state index contributed by atoms with van der Waals surface area (Å²) in [7, 11) is 1.49. The number of aliphatic hydroxyl groups excluding tert-OH is 5. The number of allylic oxidation sites excluding steroid dienone is 6. The van der Waals surface area contributed by atoms with Crippen molar-refractivity contribution in [3.05, 3.63) is 59.4 Å². The molecule has 0 aromatic carbocycles. The Hall–Kier alpha value is -2.27. The Morgan fingerprint density at radius 3 is 2.34 bits per heavy atom. The maximum absolute atomic E-state index is 13.3. The van der Waals surface area contributed by atoms with Gasteiger partial charge in [0.25, 0.3) is 0 Å². The van der Waals surface area contributed by atoms with E-state index in [0.29, 0.717) is 24.8 Å². The second-order valence-electron chi connectivity index (χ2n) is 14.0. The molecule has 0 aliphatic carbocycles. The average molecular weight is 663 g/mol. The van der Waals surface area contributed by atoms with Crippen LogP contribution < -0.4 is 0 Å². The molecular formula is C38H62O9. The third-order valence-corrected chi connectivity index (χ3v) is 10.2. The average Bonchev–Trinajstić information content (AvgIpc) is 3.02. The normalized spacial score (nSPS) is 41.5. The zero-order valence-electron chi connectivity index (χ0n) is 30.1. The van der Waals surface area contributed by atoms with Gasteiger partial charge in [-0.25, -0.2) is 4.79 Å². The minimum Gasteiger partial charge on any atom is -0.502 e. The van der Waals surface area contributed by atoms with Gasteiger partial charge in [0.15, 0.2) is 0 Å². The molecule has 9 heteroatoms. The Kier molecular flexibility index (Phi) is 16.6. The number of rotatable bonds is 7. The third-order valence-electron chi connectivity index (χ3n) is 10.2. The minimum atomic E-state index is -1.02. The van der Waals surface area contributed by atoms with E-state index in [1.807, 2.05) is 66.7 Å². The van der Waals surface area contributed by atoms with Gasteiger partial charge in [0.05, 0.1) is 36.6 Å². The van der Waals surface area contributed by atoms with Crippen LogP contribution in [0, 0.1) is 35.5 Å². The van der Waals surface area contributed by atoms with Crippen molar-refractivity contribution in [3.8, 4) is 0 Å². The molecular weight excluding hydrogens is 600 g/mol. The summed E-state index contributed by atoms with van der Waals surface area (Å²) in [6, 6.07) is 0. The molecule has 5 N–H and O–H groups in total. The van der Waals surface area contributed by atoms with Gasteiger partial charge in [0.2, 0.25) is 5.76 Å². The van der Waals surface area contributed by atoms with Gasteiger partial charge in [0.1, 0.15) is 12.2 Å². The summed E-state index contributed by atoms with van der Waals surface area (Å²) in [6.45, 7) is 16.9. The van der Waals surface area contributed by atoms with Crippen molar-refractivity contribution in [2.24, 2.45) is 35.5 Å². The highest BCUT2D eigenvalue weighted by atomic mass is 16.6. The first-order valence-electron chi connectivity index (χ1n) is 17.2. The highest BCUT2D eigenvalue weighted by Gasteiger charge is 2.42. The molecule has 0 radical (unpaired) electrons. The number of ether oxygens (including phenoxy) is 3. The van der Waals surface area contributed by atoms with Crippen LogP contribution in [0.25, 0.3) is 0 Å². The zero-order chi connectivity index (χ0) is 35.6. The Morgan fingerprint density at radius 2 is 1.74 bits per heavy atom. The van der Waals surface area contributed by atoms with Gasteiger partial charge in [0, 0.05) is 43.1 Å². The van der Waals surface area contributed by atoms with E-state index < -0.39 is 66.3 Å². The summed E-state index contributed by atoms with van der Waals surface area (Å²) in [5.41, 5.74) is 1.55. The molecule has 1 saturated heterocycles. The van der Waals surface area contributed by atoms with Gasteiger partial charge in [-0.1, -0.05) is 89.1 Å². The monoisotopic (exact) mass is 662 g/mol. The van der Waals surface area contributed by atoms with Crippen LogP contribution in [0.15, 0.2) is 59.4 Å². The van der Waals surface area contributed by atoms with Crippen LogP contribution in [-0.4, -0.2) is 87.4 Å². The smallest absolute Gasteiger partial charge is 0.373 e. The predicted octanol–water partition coefficient (Wildman–Crippen LogP) is 5.59. The van der Waals surface area contributed by atoms with Crippen molar-refractivity contribution >= 4 is 5.97 Å². The largest absolute Gasteiger partial charge is 0.502 e. The Labute approximate surface area is 282 Å². The van der Waals surface area contributed by atoms with Gasteiger partial charge >= 0.3 is 5.97 Å². The number of carbonyl (C=O) groups excluding carboxylic acids is 1. The molecule has 2 rings (SSSR count). The third kappa shape index (κ3) is 11.1. The van der Waals surface area contributed by atoms with Crippen LogP contribution in [0.1, 0.15) is 81.6 Å². The lowest BCUT2D eigenvalue weighted by molar-refractivity contribution is -0.170. The number of aliphatic hydroxyl groups is 5. The molecule has 14 atom stereocenters. The first-order valence-corrected chi connectivity index (χ1v) is 17.2. The first kappa shape index (κ1) is 40.9. The van der Waals surface area contributed by atoms with E-state index in [1.165, 1.54) is 13.2 Å². The van der Waals surface area contributed by atoms with E-state index in [0.717, 1.165) is 5.57 Å². The molecule has 47 heavy (non-hydrogen) atoms. The van der Waals surface area contributed by atoms with Crippen LogP contribution in [-0.2, 0) is 19.0 Å². The van der Waals surface area contributed by atoms with E-state index in [-0.39, 0.29) is 29.8 Å². The molecule has 268 valence electrons. The summed E-state index contributed by atoms with van der Waals surface area (Å²) in [6.07, 6.45) is 8.15. The van der Waals surface area contributed by atoms with Crippen molar-refractivity contribution in [1.29, 1.82) is 0 Å². The number of methoxy groups -OCH3 is 1. The first-order chi connectivity index (χ1) is 22.1. The van der Waals surface area contributed by atoms with Crippen molar-refractivity contribution in [3.63, 3.8) is 0 Å². The lowest BCUT2D eigenvalue weighted by Gasteiger charge is -2.42. The maximum Gasteiger partial charge on any atom is 0.373 e. The van der Waals surface area contributed by atoms with E-state index in [2.05, 4.69) is 0 Å². The summed E-state index contributed by atoms with van der Waals surface area (Å²) in [5.74, 6) is -3.63. The standard InChI is InChI=1S/C38H62O9/c1-11-14-31-25(7)29(39)20-33(46-31)26(8)36(43)27(9)37-32(45-10)16-13-15-21(3)17-23(5)34(41)28(12-2)35(42)24(6)18-22(4)19-30(40)38(44)47-37/h11,13-16,18-19,23-29,31-37,39-43H,12,17,20H2,1-10H3/b14-11+,16-13+,21-15+,22-18+,30-19-/t23-,24-,25+,26-,27+,28+,29-,31-,32+,33-,34+,35-,36+,37-/m1/s1.